The first-order chi connectivity index (χ1) is 10.9. The van der Waals surface area contributed by atoms with Gasteiger partial charge < -0.3 is 9.84 Å². The summed E-state index contributed by atoms with van der Waals surface area (Å²) < 4.78 is 7.22. The molecule has 1 aromatic carbocycles. The number of rotatable bonds is 8. The molecule has 1 heterocycles. The average Bonchev–Trinajstić information content (AvgIpc) is 2.90. The summed E-state index contributed by atoms with van der Waals surface area (Å²) in [5.74, 6) is 2.39. The normalized spacial score (nSPS) is 11.5. The third-order valence-corrected chi connectivity index (χ3v) is 4.29. The van der Waals surface area contributed by atoms with Crippen molar-refractivity contribution >= 4 is 11.8 Å². The molecule has 5 nitrogen and oxygen atoms in total. The Bertz CT molecular complexity index is 645. The van der Waals surface area contributed by atoms with Gasteiger partial charge in [-0.2, -0.15) is 0 Å². The molecule has 0 amide bonds. The highest BCUT2D eigenvalue weighted by Crippen LogP contribution is 2.27. The topological polar surface area (TPSA) is 60.2 Å². The largest absolute Gasteiger partial charge is 0.497 e. The zero-order chi connectivity index (χ0) is 16.9. The van der Waals surface area contributed by atoms with Gasteiger partial charge in [-0.3, -0.25) is 4.57 Å². The van der Waals surface area contributed by atoms with Crippen LogP contribution in [0.1, 0.15) is 20.3 Å². The summed E-state index contributed by atoms with van der Waals surface area (Å²) in [6.45, 7) is 8.07. The van der Waals surface area contributed by atoms with Crippen molar-refractivity contribution in [3.63, 3.8) is 0 Å². The van der Waals surface area contributed by atoms with Crippen LogP contribution in [-0.4, -0.2) is 38.3 Å². The van der Waals surface area contributed by atoms with E-state index in [1.807, 2.05) is 48.8 Å². The Morgan fingerprint density at radius 3 is 2.57 bits per heavy atom. The van der Waals surface area contributed by atoms with Crippen molar-refractivity contribution in [1.29, 1.82) is 0 Å². The van der Waals surface area contributed by atoms with E-state index in [9.17, 15) is 5.11 Å². The summed E-state index contributed by atoms with van der Waals surface area (Å²) in [6.07, 6.45) is 2.52. The van der Waals surface area contributed by atoms with Crippen LogP contribution in [0, 0.1) is 0 Å². The number of allylic oxidation sites excluding steroid dienone is 1. The van der Waals surface area contributed by atoms with Crippen molar-refractivity contribution in [1.82, 2.24) is 14.8 Å². The van der Waals surface area contributed by atoms with Crippen LogP contribution >= 0.6 is 11.8 Å². The first-order valence-electron chi connectivity index (χ1n) is 7.48. The fraction of sp³-hybridized carbons (Fsp3) is 0.412. The molecule has 0 atom stereocenters. The lowest BCUT2D eigenvalue weighted by Crippen LogP contribution is -2.19. The Balaban J connectivity index is 2.21. The summed E-state index contributed by atoms with van der Waals surface area (Å²) in [4.78, 5) is 0. The van der Waals surface area contributed by atoms with Gasteiger partial charge in [0.2, 0.25) is 0 Å². The second-order valence-electron chi connectivity index (χ2n) is 5.84. The van der Waals surface area contributed by atoms with Gasteiger partial charge in [0.25, 0.3) is 0 Å². The van der Waals surface area contributed by atoms with Gasteiger partial charge in [0, 0.05) is 17.9 Å². The van der Waals surface area contributed by atoms with Crippen LogP contribution in [0.4, 0.5) is 0 Å². The zero-order valence-corrected chi connectivity index (χ0v) is 14.6. The summed E-state index contributed by atoms with van der Waals surface area (Å²) in [7, 11) is 1.65. The molecule has 0 aliphatic rings. The van der Waals surface area contributed by atoms with Gasteiger partial charge in [-0.05, 0) is 44.5 Å². The number of ether oxygens (including phenoxy) is 1. The Labute approximate surface area is 141 Å². The van der Waals surface area contributed by atoms with Gasteiger partial charge >= 0.3 is 0 Å². The van der Waals surface area contributed by atoms with E-state index in [1.54, 1.807) is 18.9 Å². The number of thioether (sulfide) groups is 1. The molecule has 0 aliphatic heterocycles. The summed E-state index contributed by atoms with van der Waals surface area (Å²) in [6, 6.07) is 7.74. The lowest BCUT2D eigenvalue weighted by atomic mass is 10.1. The molecular weight excluding hydrogens is 310 g/mol. The minimum Gasteiger partial charge on any atom is -0.497 e. The molecule has 1 N–H and O–H groups in total. The van der Waals surface area contributed by atoms with E-state index in [-0.39, 0.29) is 0 Å². The Hall–Kier alpha value is -1.79. The molecule has 0 fully saturated rings. The van der Waals surface area contributed by atoms with E-state index in [2.05, 4.69) is 16.8 Å². The van der Waals surface area contributed by atoms with Crippen LogP contribution in [0.2, 0.25) is 0 Å². The second kappa shape index (κ2) is 7.66. The molecule has 0 spiro atoms. The average molecular weight is 333 g/mol. The molecule has 2 rings (SSSR count). The van der Waals surface area contributed by atoms with Crippen LogP contribution < -0.4 is 4.74 Å². The van der Waals surface area contributed by atoms with E-state index in [0.717, 1.165) is 28.0 Å². The number of hydrogen-bond acceptors (Lipinski definition) is 5. The first-order valence-corrected chi connectivity index (χ1v) is 8.47. The fourth-order valence-corrected chi connectivity index (χ4v) is 3.23. The molecule has 0 bridgehead atoms. The Morgan fingerprint density at radius 2 is 2.00 bits per heavy atom. The van der Waals surface area contributed by atoms with Crippen molar-refractivity contribution in [2.75, 3.05) is 12.9 Å². The third-order valence-electron chi connectivity index (χ3n) is 3.32. The van der Waals surface area contributed by atoms with Crippen molar-refractivity contribution in [3.05, 3.63) is 36.9 Å². The molecule has 0 saturated heterocycles. The number of methoxy groups -OCH3 is 1. The van der Waals surface area contributed by atoms with Crippen LogP contribution in [0.5, 0.6) is 5.75 Å². The molecule has 0 unspecified atom stereocenters. The van der Waals surface area contributed by atoms with Crippen LogP contribution in [-0.2, 0) is 6.54 Å². The van der Waals surface area contributed by atoms with E-state index >= 15 is 0 Å². The molecule has 0 radical (unpaired) electrons. The van der Waals surface area contributed by atoms with Crippen LogP contribution in [0.3, 0.4) is 0 Å². The van der Waals surface area contributed by atoms with Crippen molar-refractivity contribution in [2.24, 2.45) is 0 Å². The Morgan fingerprint density at radius 1 is 1.30 bits per heavy atom. The predicted octanol–water partition coefficient (Wildman–Crippen LogP) is 3.39. The van der Waals surface area contributed by atoms with Crippen LogP contribution in [0.15, 0.2) is 42.1 Å². The Kier molecular flexibility index (Phi) is 5.85. The van der Waals surface area contributed by atoms with Gasteiger partial charge in [-0.15, -0.1) is 16.8 Å². The zero-order valence-electron chi connectivity index (χ0n) is 13.8. The van der Waals surface area contributed by atoms with E-state index in [0.29, 0.717) is 13.0 Å². The lowest BCUT2D eigenvalue weighted by Gasteiger charge is -2.16. The molecule has 124 valence electrons. The van der Waals surface area contributed by atoms with Crippen molar-refractivity contribution < 1.29 is 9.84 Å². The SMILES string of the molecule is C=CCn1c(SCCC(C)(C)O)nnc1-c1ccc(OC)cc1. The highest BCUT2D eigenvalue weighted by atomic mass is 32.2. The van der Waals surface area contributed by atoms with E-state index in [1.165, 1.54) is 0 Å². The lowest BCUT2D eigenvalue weighted by molar-refractivity contribution is 0.0777. The third kappa shape index (κ3) is 4.84. The summed E-state index contributed by atoms with van der Waals surface area (Å²) in [5, 5.41) is 19.3. The maximum absolute atomic E-state index is 9.82. The molecule has 2 aromatic rings. The molecule has 0 saturated carbocycles. The summed E-state index contributed by atoms with van der Waals surface area (Å²) in [5.41, 5.74) is 0.309. The molecule has 6 heteroatoms. The standard InChI is InChI=1S/C17H23N3O2S/c1-5-11-20-15(13-6-8-14(22-4)9-7-13)18-19-16(20)23-12-10-17(2,3)21/h5-9,21H,1,10-12H2,2-4H3. The van der Waals surface area contributed by atoms with Crippen LogP contribution in [0.25, 0.3) is 11.4 Å². The number of benzene rings is 1. The molecule has 1 aromatic heterocycles. The predicted molar refractivity (Wildman–Crippen MR) is 93.8 cm³/mol. The first kappa shape index (κ1) is 17.6. The second-order valence-corrected chi connectivity index (χ2v) is 6.91. The van der Waals surface area contributed by atoms with Crippen molar-refractivity contribution in [2.45, 2.75) is 37.6 Å². The van der Waals surface area contributed by atoms with E-state index in [4.69, 9.17) is 4.74 Å². The highest BCUT2D eigenvalue weighted by Gasteiger charge is 2.16. The van der Waals surface area contributed by atoms with Gasteiger partial charge in [0.1, 0.15) is 5.75 Å². The molecule has 23 heavy (non-hydrogen) atoms. The van der Waals surface area contributed by atoms with Gasteiger partial charge in [-0.1, -0.05) is 17.8 Å². The quantitative estimate of drug-likeness (QED) is 0.593. The fourth-order valence-electron chi connectivity index (χ4n) is 2.03. The number of nitrogens with zero attached hydrogens (tertiary/aromatic N) is 3. The highest BCUT2D eigenvalue weighted by molar-refractivity contribution is 7.99. The number of aliphatic hydroxyl groups is 1. The van der Waals surface area contributed by atoms with Gasteiger partial charge in [0.05, 0.1) is 12.7 Å². The monoisotopic (exact) mass is 333 g/mol. The van der Waals surface area contributed by atoms with Crippen molar-refractivity contribution in [3.8, 4) is 17.1 Å². The maximum Gasteiger partial charge on any atom is 0.191 e. The van der Waals surface area contributed by atoms with E-state index < -0.39 is 5.60 Å². The number of aromatic nitrogens is 3. The van der Waals surface area contributed by atoms with Gasteiger partial charge in [-0.25, -0.2) is 0 Å². The molecular formula is C17H23N3O2S. The maximum atomic E-state index is 9.82. The number of hydrogen-bond donors (Lipinski definition) is 1. The minimum atomic E-state index is -0.672. The smallest absolute Gasteiger partial charge is 0.191 e. The molecule has 0 aliphatic carbocycles. The minimum absolute atomic E-state index is 0.638. The summed E-state index contributed by atoms with van der Waals surface area (Å²) >= 11 is 1.59. The van der Waals surface area contributed by atoms with Gasteiger partial charge in [0.15, 0.2) is 11.0 Å².